The van der Waals surface area contributed by atoms with E-state index in [-0.39, 0.29) is 6.10 Å². The summed E-state index contributed by atoms with van der Waals surface area (Å²) in [7, 11) is 0. The highest BCUT2D eigenvalue weighted by molar-refractivity contribution is 5.79. The summed E-state index contributed by atoms with van der Waals surface area (Å²) < 4.78 is 21.9. The van der Waals surface area contributed by atoms with E-state index in [2.05, 4.69) is 10.6 Å². The lowest BCUT2D eigenvalue weighted by Gasteiger charge is -2.14. The molecule has 0 aliphatic carbocycles. The second kappa shape index (κ2) is 11.2. The van der Waals surface area contributed by atoms with Crippen molar-refractivity contribution in [3.63, 3.8) is 0 Å². The van der Waals surface area contributed by atoms with E-state index < -0.39 is 0 Å². The van der Waals surface area contributed by atoms with E-state index in [0.29, 0.717) is 5.92 Å². The number of furan rings is 1. The molecule has 26 heavy (non-hydrogen) atoms. The van der Waals surface area contributed by atoms with Gasteiger partial charge >= 0.3 is 0 Å². The standard InChI is InChI=1S/C19H31N3O4/c1-3-17(25-9-1)4-8-21-19(22-13-16-5-11-23-14-16)20-7-2-10-26-18-6-12-24-15-18/h1,3,9,16,18H,2,4-8,10-15H2,(H2,20,21,22). The summed E-state index contributed by atoms with van der Waals surface area (Å²) in [4.78, 5) is 4.72. The third-order valence-corrected chi connectivity index (χ3v) is 4.63. The third kappa shape index (κ3) is 6.97. The zero-order valence-corrected chi connectivity index (χ0v) is 15.5. The minimum absolute atomic E-state index is 0.275. The van der Waals surface area contributed by atoms with Gasteiger partial charge in [0, 0.05) is 51.8 Å². The Morgan fingerprint density at radius 1 is 1.15 bits per heavy atom. The molecule has 2 aliphatic heterocycles. The molecule has 3 heterocycles. The van der Waals surface area contributed by atoms with E-state index in [1.54, 1.807) is 6.26 Å². The maximum Gasteiger partial charge on any atom is 0.191 e. The Labute approximate surface area is 155 Å². The second-order valence-corrected chi connectivity index (χ2v) is 6.81. The van der Waals surface area contributed by atoms with Crippen LogP contribution in [0.1, 0.15) is 25.0 Å². The fourth-order valence-electron chi connectivity index (χ4n) is 3.05. The average Bonchev–Trinajstić information content (AvgIpc) is 3.42. The molecular weight excluding hydrogens is 334 g/mol. The summed E-state index contributed by atoms with van der Waals surface area (Å²) in [5.41, 5.74) is 0. The van der Waals surface area contributed by atoms with E-state index in [0.717, 1.165) is 90.1 Å². The lowest BCUT2D eigenvalue weighted by molar-refractivity contribution is 0.0420. The highest BCUT2D eigenvalue weighted by Gasteiger charge is 2.16. The molecule has 146 valence electrons. The quantitative estimate of drug-likeness (QED) is 0.372. The Morgan fingerprint density at radius 2 is 2.04 bits per heavy atom. The molecule has 2 N–H and O–H groups in total. The molecule has 7 heteroatoms. The first-order valence-electron chi connectivity index (χ1n) is 9.72. The van der Waals surface area contributed by atoms with Crippen molar-refractivity contribution < 1.29 is 18.6 Å². The van der Waals surface area contributed by atoms with Crippen LogP contribution in [-0.2, 0) is 20.6 Å². The van der Waals surface area contributed by atoms with Crippen LogP contribution >= 0.6 is 0 Å². The number of ether oxygens (including phenoxy) is 3. The van der Waals surface area contributed by atoms with Crippen LogP contribution in [0.5, 0.6) is 0 Å². The van der Waals surface area contributed by atoms with Crippen molar-refractivity contribution in [3.05, 3.63) is 24.2 Å². The molecule has 2 saturated heterocycles. The van der Waals surface area contributed by atoms with Crippen LogP contribution in [0, 0.1) is 5.92 Å². The van der Waals surface area contributed by atoms with Gasteiger partial charge < -0.3 is 29.3 Å². The van der Waals surface area contributed by atoms with Crippen molar-refractivity contribution >= 4 is 5.96 Å². The number of nitrogens with zero attached hydrogens (tertiary/aromatic N) is 1. The third-order valence-electron chi connectivity index (χ3n) is 4.63. The maximum absolute atomic E-state index is 5.80. The largest absolute Gasteiger partial charge is 0.469 e. The molecule has 2 aliphatic rings. The Balaban J connectivity index is 1.35. The van der Waals surface area contributed by atoms with Crippen LogP contribution in [0.3, 0.4) is 0 Å². The number of guanidine groups is 1. The zero-order valence-electron chi connectivity index (χ0n) is 15.5. The lowest BCUT2D eigenvalue weighted by Crippen LogP contribution is -2.39. The minimum atomic E-state index is 0.275. The number of nitrogens with one attached hydrogen (secondary N) is 2. The molecule has 0 radical (unpaired) electrons. The average molecular weight is 365 g/mol. The predicted molar refractivity (Wildman–Crippen MR) is 99.4 cm³/mol. The molecule has 2 fully saturated rings. The van der Waals surface area contributed by atoms with Gasteiger partial charge in [-0.3, -0.25) is 4.99 Å². The molecule has 1 aromatic heterocycles. The first kappa shape index (κ1) is 19.2. The van der Waals surface area contributed by atoms with Gasteiger partial charge in [0.15, 0.2) is 5.96 Å². The minimum Gasteiger partial charge on any atom is -0.469 e. The fraction of sp³-hybridized carbons (Fsp3) is 0.737. The van der Waals surface area contributed by atoms with E-state index in [4.69, 9.17) is 23.6 Å². The van der Waals surface area contributed by atoms with E-state index >= 15 is 0 Å². The van der Waals surface area contributed by atoms with Crippen LogP contribution in [-0.4, -0.2) is 64.7 Å². The summed E-state index contributed by atoms with van der Waals surface area (Å²) >= 11 is 0. The van der Waals surface area contributed by atoms with Gasteiger partial charge in [-0.1, -0.05) is 0 Å². The summed E-state index contributed by atoms with van der Waals surface area (Å²) in [6, 6.07) is 3.91. The van der Waals surface area contributed by atoms with Crippen molar-refractivity contribution in [1.29, 1.82) is 0 Å². The van der Waals surface area contributed by atoms with E-state index in [9.17, 15) is 0 Å². The summed E-state index contributed by atoms with van der Waals surface area (Å²) in [6.07, 6.45) is 5.88. The summed E-state index contributed by atoms with van der Waals surface area (Å²) in [6.45, 7) is 6.40. The molecule has 1 aromatic rings. The topological polar surface area (TPSA) is 77.3 Å². The van der Waals surface area contributed by atoms with Crippen molar-refractivity contribution in [3.8, 4) is 0 Å². The highest BCUT2D eigenvalue weighted by Crippen LogP contribution is 2.12. The van der Waals surface area contributed by atoms with Crippen molar-refractivity contribution in [2.45, 2.75) is 31.8 Å². The Bertz CT molecular complexity index is 509. The first-order valence-corrected chi connectivity index (χ1v) is 9.72. The normalized spacial score (nSPS) is 23.5. The second-order valence-electron chi connectivity index (χ2n) is 6.81. The monoisotopic (exact) mass is 365 g/mol. The molecule has 0 saturated carbocycles. The van der Waals surface area contributed by atoms with Gasteiger partial charge in [0.2, 0.25) is 0 Å². The van der Waals surface area contributed by atoms with Gasteiger partial charge in [-0.05, 0) is 31.4 Å². The molecule has 0 aromatic carbocycles. The molecule has 3 rings (SSSR count). The Hall–Kier alpha value is -1.57. The van der Waals surface area contributed by atoms with Gasteiger partial charge in [0.1, 0.15) is 5.76 Å². The van der Waals surface area contributed by atoms with Gasteiger partial charge in [-0.25, -0.2) is 0 Å². The zero-order chi connectivity index (χ0) is 17.9. The van der Waals surface area contributed by atoms with Crippen molar-refractivity contribution in [2.24, 2.45) is 10.9 Å². The summed E-state index contributed by atoms with van der Waals surface area (Å²) in [5.74, 6) is 2.37. The van der Waals surface area contributed by atoms with Crippen molar-refractivity contribution in [1.82, 2.24) is 10.6 Å². The molecule has 7 nitrogen and oxygen atoms in total. The summed E-state index contributed by atoms with van der Waals surface area (Å²) in [5, 5.41) is 6.80. The van der Waals surface area contributed by atoms with Gasteiger partial charge in [0.05, 0.1) is 25.6 Å². The number of aliphatic imine (C=N–C) groups is 1. The number of rotatable bonds is 10. The molecular formula is C19H31N3O4. The van der Waals surface area contributed by atoms with E-state index in [1.165, 1.54) is 0 Å². The molecule has 2 unspecified atom stereocenters. The smallest absolute Gasteiger partial charge is 0.191 e. The van der Waals surface area contributed by atoms with Crippen LogP contribution in [0.15, 0.2) is 27.8 Å². The number of hydrogen-bond acceptors (Lipinski definition) is 5. The number of hydrogen-bond donors (Lipinski definition) is 2. The van der Waals surface area contributed by atoms with Crippen LogP contribution in [0.4, 0.5) is 0 Å². The lowest BCUT2D eigenvalue weighted by atomic mass is 10.1. The van der Waals surface area contributed by atoms with Crippen LogP contribution in [0.2, 0.25) is 0 Å². The van der Waals surface area contributed by atoms with E-state index in [1.807, 2.05) is 12.1 Å². The predicted octanol–water partition coefficient (Wildman–Crippen LogP) is 1.59. The van der Waals surface area contributed by atoms with Crippen LogP contribution < -0.4 is 10.6 Å². The highest BCUT2D eigenvalue weighted by atomic mass is 16.5. The van der Waals surface area contributed by atoms with Gasteiger partial charge in [-0.15, -0.1) is 0 Å². The Morgan fingerprint density at radius 3 is 2.81 bits per heavy atom. The molecule has 0 amide bonds. The molecule has 0 spiro atoms. The first-order chi connectivity index (χ1) is 12.9. The SMILES string of the molecule is c1coc(CCNC(=NCC2CCOC2)NCCCOC2CCOC2)c1. The molecule has 0 bridgehead atoms. The molecule has 2 atom stereocenters. The van der Waals surface area contributed by atoms with Crippen molar-refractivity contribution in [2.75, 3.05) is 52.7 Å². The maximum atomic E-state index is 5.80. The van der Waals surface area contributed by atoms with Gasteiger partial charge in [0.25, 0.3) is 0 Å². The Kier molecular flexibility index (Phi) is 8.28. The van der Waals surface area contributed by atoms with Crippen LogP contribution in [0.25, 0.3) is 0 Å². The fourth-order valence-corrected chi connectivity index (χ4v) is 3.05. The van der Waals surface area contributed by atoms with Gasteiger partial charge in [-0.2, -0.15) is 0 Å².